The number of hydrogen-bond acceptors (Lipinski definition) is 6. The van der Waals surface area contributed by atoms with Crippen molar-refractivity contribution in [1.82, 2.24) is 4.57 Å². The molecule has 2 aliphatic rings. The van der Waals surface area contributed by atoms with Crippen molar-refractivity contribution in [2.45, 2.75) is 39.3 Å². The monoisotopic (exact) mass is 673 g/mol. The first-order chi connectivity index (χ1) is 23.3. The molecule has 1 aromatic heterocycles. The van der Waals surface area contributed by atoms with E-state index >= 15 is 0 Å². The second-order valence-corrected chi connectivity index (χ2v) is 13.4. The first-order valence-electron chi connectivity index (χ1n) is 15.8. The van der Waals surface area contributed by atoms with Gasteiger partial charge in [0.15, 0.2) is 4.80 Å². The number of anilines is 1. The lowest BCUT2D eigenvalue weighted by Gasteiger charge is -2.26. The molecule has 7 nitrogen and oxygen atoms in total. The number of nitrogens with zero attached hydrogens (tertiary/aromatic N) is 3. The lowest BCUT2D eigenvalue weighted by molar-refractivity contribution is -0.138. The zero-order chi connectivity index (χ0) is 33.5. The van der Waals surface area contributed by atoms with Crippen LogP contribution in [0.1, 0.15) is 60.5 Å². The van der Waals surface area contributed by atoms with E-state index < -0.39 is 17.6 Å². The van der Waals surface area contributed by atoms with Gasteiger partial charge in [0.1, 0.15) is 4.53 Å². The summed E-state index contributed by atoms with van der Waals surface area (Å²) in [5, 5.41) is 0.610. The number of ether oxygens (including phenoxy) is 1. The summed E-state index contributed by atoms with van der Waals surface area (Å²) in [5.41, 5.74) is 5.53. The molecule has 0 fully saturated rings. The number of aromatic nitrogens is 1. The highest BCUT2D eigenvalue weighted by atomic mass is 35.5. The normalized spacial score (nSPS) is 16.6. The third-order valence-electron chi connectivity index (χ3n) is 8.67. The topological polar surface area (TPSA) is 81.0 Å². The molecule has 48 heavy (non-hydrogen) atoms. The highest BCUT2D eigenvalue weighted by molar-refractivity contribution is 7.07. The molecule has 0 saturated carbocycles. The molecule has 1 atom stereocenters. The molecule has 1 amide bonds. The molecular formula is C39H32ClN3O4S. The van der Waals surface area contributed by atoms with Crippen molar-refractivity contribution in [3.05, 3.63) is 161 Å². The predicted molar refractivity (Wildman–Crippen MR) is 190 cm³/mol. The first kappa shape index (κ1) is 31.5. The van der Waals surface area contributed by atoms with Crippen LogP contribution in [-0.2, 0) is 20.9 Å². The second-order valence-electron chi connectivity index (χ2n) is 12.0. The van der Waals surface area contributed by atoms with E-state index in [1.165, 1.54) is 0 Å². The number of rotatable bonds is 7. The van der Waals surface area contributed by atoms with Gasteiger partial charge in [-0.1, -0.05) is 122 Å². The zero-order valence-electron chi connectivity index (χ0n) is 26.6. The summed E-state index contributed by atoms with van der Waals surface area (Å²) < 4.78 is 7.43. The van der Waals surface area contributed by atoms with Crippen LogP contribution in [0.15, 0.2) is 118 Å². The van der Waals surface area contributed by atoms with E-state index in [4.69, 9.17) is 21.3 Å². The Morgan fingerprint density at radius 1 is 0.917 bits per heavy atom. The van der Waals surface area contributed by atoms with Gasteiger partial charge in [0.25, 0.3) is 11.5 Å². The Hall–Kier alpha value is -5.05. The van der Waals surface area contributed by atoms with Crippen LogP contribution in [0.25, 0.3) is 11.3 Å². The van der Waals surface area contributed by atoms with E-state index in [2.05, 4.69) is 13.8 Å². The average Bonchev–Trinajstić information content (AvgIpc) is 3.57. The molecule has 9 heteroatoms. The van der Waals surface area contributed by atoms with Crippen molar-refractivity contribution in [3.63, 3.8) is 0 Å². The van der Waals surface area contributed by atoms with E-state index in [0.29, 0.717) is 39.1 Å². The number of amides is 1. The lowest BCUT2D eigenvalue weighted by atomic mass is 9.91. The van der Waals surface area contributed by atoms with E-state index in [1.54, 1.807) is 28.5 Å². The van der Waals surface area contributed by atoms with Gasteiger partial charge in [-0.15, -0.1) is 0 Å². The molecule has 0 unspecified atom stereocenters. The Bertz CT molecular complexity index is 2270. The number of carbonyl (C=O) groups is 2. The number of para-hydroxylation sites is 1. The Morgan fingerprint density at radius 3 is 2.29 bits per heavy atom. The van der Waals surface area contributed by atoms with Crippen LogP contribution < -0.4 is 19.8 Å². The third-order valence-corrected chi connectivity index (χ3v) is 9.98. The molecule has 2 aliphatic heterocycles. The fourth-order valence-corrected chi connectivity index (χ4v) is 7.52. The smallest absolute Gasteiger partial charge is 0.338 e. The van der Waals surface area contributed by atoms with Crippen molar-refractivity contribution in [2.24, 2.45) is 4.99 Å². The Morgan fingerprint density at radius 2 is 1.60 bits per heavy atom. The molecule has 0 N–H and O–H groups in total. The summed E-state index contributed by atoms with van der Waals surface area (Å²) in [6, 6.07) is 31.4. The molecule has 5 aromatic rings. The van der Waals surface area contributed by atoms with Gasteiger partial charge < -0.3 is 9.64 Å². The highest BCUT2D eigenvalue weighted by Gasteiger charge is 2.38. The summed E-state index contributed by atoms with van der Waals surface area (Å²) in [7, 11) is 0. The maximum Gasteiger partial charge on any atom is 0.338 e. The van der Waals surface area contributed by atoms with Gasteiger partial charge in [0.2, 0.25) is 0 Å². The van der Waals surface area contributed by atoms with Gasteiger partial charge in [-0.2, -0.15) is 0 Å². The van der Waals surface area contributed by atoms with Gasteiger partial charge in [0, 0.05) is 16.1 Å². The van der Waals surface area contributed by atoms with Crippen molar-refractivity contribution in [2.75, 3.05) is 11.5 Å². The van der Waals surface area contributed by atoms with Gasteiger partial charge >= 0.3 is 5.97 Å². The summed E-state index contributed by atoms with van der Waals surface area (Å²) in [4.78, 5) is 49.9. The average molecular weight is 674 g/mol. The summed E-state index contributed by atoms with van der Waals surface area (Å²) in [6.07, 6.45) is 0. The SMILES string of the molecule is CCOC(=O)C1=C(c2ccccc2)N=c2s/c(=C3/C(=O)N(Cc4ccc(Cl)cc4)c4ccccc43)c(=O)n2[C@H]1c1ccc(C(C)C)cc1. The molecule has 7 rings (SSSR count). The first-order valence-corrected chi connectivity index (χ1v) is 17.0. The lowest BCUT2D eigenvalue weighted by Crippen LogP contribution is -2.41. The second kappa shape index (κ2) is 12.9. The molecule has 0 bridgehead atoms. The van der Waals surface area contributed by atoms with E-state index in [9.17, 15) is 14.4 Å². The number of fused-ring (bicyclic) bond motifs is 2. The van der Waals surface area contributed by atoms with Crippen LogP contribution in [0.5, 0.6) is 0 Å². The number of thiazole rings is 1. The molecule has 240 valence electrons. The maximum atomic E-state index is 14.7. The molecular weight excluding hydrogens is 642 g/mol. The van der Waals surface area contributed by atoms with Crippen LogP contribution in [0.4, 0.5) is 5.69 Å². The molecule has 0 radical (unpaired) electrons. The predicted octanol–water partition coefficient (Wildman–Crippen LogP) is 6.63. The summed E-state index contributed by atoms with van der Waals surface area (Å²) in [6.45, 7) is 6.45. The summed E-state index contributed by atoms with van der Waals surface area (Å²) in [5.74, 6) is -0.526. The van der Waals surface area contributed by atoms with E-state index in [0.717, 1.165) is 39.3 Å². The largest absolute Gasteiger partial charge is 0.463 e. The molecule has 3 heterocycles. The number of hydrogen-bond donors (Lipinski definition) is 0. The Balaban J connectivity index is 1.49. The van der Waals surface area contributed by atoms with Gasteiger partial charge in [0.05, 0.1) is 41.7 Å². The van der Waals surface area contributed by atoms with E-state index in [-0.39, 0.29) is 22.6 Å². The fraction of sp³-hybridized carbons (Fsp3) is 0.179. The number of benzene rings is 4. The minimum atomic E-state index is -0.831. The zero-order valence-corrected chi connectivity index (χ0v) is 28.2. The minimum absolute atomic E-state index is 0.159. The standard InChI is InChI=1S/C39H32ClN3O4S/c1-4-47-38(46)32-33(26-10-6-5-7-11-26)41-39-43(34(32)27-18-16-25(17-19-27)23(2)3)37(45)35(48-39)31-29-12-8-9-13-30(29)42(36(31)44)22-24-14-20-28(40)21-15-24/h5-21,23,34H,4,22H2,1-3H3/b35-31+/t34-/m0/s1. The van der Waals surface area contributed by atoms with Gasteiger partial charge in [-0.05, 0) is 47.7 Å². The maximum absolute atomic E-state index is 14.7. The Kier molecular flexibility index (Phi) is 8.45. The highest BCUT2D eigenvalue weighted by Crippen LogP contribution is 2.38. The minimum Gasteiger partial charge on any atom is -0.463 e. The molecule has 0 saturated heterocycles. The van der Waals surface area contributed by atoms with Crippen LogP contribution >= 0.6 is 22.9 Å². The number of esters is 1. The molecule has 0 spiro atoms. The fourth-order valence-electron chi connectivity index (χ4n) is 6.30. The van der Waals surface area contributed by atoms with Crippen LogP contribution in [0, 0.1) is 0 Å². The van der Waals surface area contributed by atoms with Crippen molar-refractivity contribution in [3.8, 4) is 0 Å². The summed E-state index contributed by atoms with van der Waals surface area (Å²) >= 11 is 7.29. The Labute approximate surface area is 286 Å². The quantitative estimate of drug-likeness (QED) is 0.182. The van der Waals surface area contributed by atoms with Gasteiger partial charge in [-0.3, -0.25) is 14.2 Å². The number of carbonyl (C=O) groups excluding carboxylic acids is 2. The molecule has 0 aliphatic carbocycles. The third kappa shape index (κ3) is 5.51. The van der Waals surface area contributed by atoms with Crippen molar-refractivity contribution < 1.29 is 14.3 Å². The van der Waals surface area contributed by atoms with Crippen molar-refractivity contribution in [1.29, 1.82) is 0 Å². The van der Waals surface area contributed by atoms with Crippen LogP contribution in [0.3, 0.4) is 0 Å². The van der Waals surface area contributed by atoms with E-state index in [1.807, 2.05) is 91.0 Å². The van der Waals surface area contributed by atoms with Crippen LogP contribution in [0.2, 0.25) is 5.02 Å². The molecule has 4 aromatic carbocycles. The van der Waals surface area contributed by atoms with Crippen molar-refractivity contribution >= 4 is 51.8 Å². The van der Waals surface area contributed by atoms with Crippen LogP contribution in [-0.4, -0.2) is 23.1 Å². The van der Waals surface area contributed by atoms with Gasteiger partial charge in [-0.25, -0.2) is 9.79 Å². The number of halogens is 1.